The lowest BCUT2D eigenvalue weighted by atomic mass is 10.1. The SMILES string of the molecule is Cn1cc(C(=O)Nc2ccccc2C(N)=O)c(C(F)F)n1. The van der Waals surface area contributed by atoms with E-state index >= 15 is 0 Å². The minimum Gasteiger partial charge on any atom is -0.366 e. The zero-order valence-corrected chi connectivity index (χ0v) is 11.0. The molecule has 0 atom stereocenters. The number of benzene rings is 1. The van der Waals surface area contributed by atoms with Gasteiger partial charge < -0.3 is 11.1 Å². The first kappa shape index (κ1) is 14.6. The molecule has 1 heterocycles. The molecule has 0 aliphatic heterocycles. The lowest BCUT2D eigenvalue weighted by Crippen LogP contribution is -2.18. The maximum absolute atomic E-state index is 12.8. The van der Waals surface area contributed by atoms with Crippen molar-refractivity contribution in [2.75, 3.05) is 5.32 Å². The van der Waals surface area contributed by atoms with Gasteiger partial charge in [0.1, 0.15) is 5.69 Å². The van der Waals surface area contributed by atoms with Crippen molar-refractivity contribution in [3.63, 3.8) is 0 Å². The van der Waals surface area contributed by atoms with Gasteiger partial charge in [-0.05, 0) is 12.1 Å². The van der Waals surface area contributed by atoms with E-state index in [1.807, 2.05) is 0 Å². The Bertz CT molecular complexity index is 697. The molecule has 0 aliphatic carbocycles. The Kier molecular flexibility index (Phi) is 3.97. The van der Waals surface area contributed by atoms with Crippen LogP contribution in [-0.4, -0.2) is 21.6 Å². The molecule has 2 aromatic rings. The fraction of sp³-hybridized carbons (Fsp3) is 0.154. The van der Waals surface area contributed by atoms with E-state index in [-0.39, 0.29) is 16.8 Å². The largest absolute Gasteiger partial charge is 0.366 e. The molecule has 21 heavy (non-hydrogen) atoms. The van der Waals surface area contributed by atoms with Crippen LogP contribution in [-0.2, 0) is 7.05 Å². The van der Waals surface area contributed by atoms with Crippen LogP contribution in [0.25, 0.3) is 0 Å². The van der Waals surface area contributed by atoms with Gasteiger partial charge in [0.05, 0.1) is 16.8 Å². The standard InChI is InChI=1S/C13H12F2N4O2/c1-19-6-8(10(18-19)11(14)15)13(21)17-9-5-3-2-4-7(9)12(16)20/h2-6,11H,1H3,(H2,16,20)(H,17,21). The Labute approximate surface area is 118 Å². The third-order valence-electron chi connectivity index (χ3n) is 2.75. The maximum Gasteiger partial charge on any atom is 0.282 e. The summed E-state index contributed by atoms with van der Waals surface area (Å²) in [5.41, 5.74) is 4.55. The van der Waals surface area contributed by atoms with Gasteiger partial charge in [-0.2, -0.15) is 5.10 Å². The maximum atomic E-state index is 12.8. The van der Waals surface area contributed by atoms with Crippen molar-refractivity contribution in [3.8, 4) is 0 Å². The number of rotatable bonds is 4. The highest BCUT2D eigenvalue weighted by atomic mass is 19.3. The van der Waals surface area contributed by atoms with E-state index in [4.69, 9.17) is 5.73 Å². The fourth-order valence-corrected chi connectivity index (χ4v) is 1.84. The predicted octanol–water partition coefficient (Wildman–Crippen LogP) is 1.71. The summed E-state index contributed by atoms with van der Waals surface area (Å²) >= 11 is 0. The third-order valence-corrected chi connectivity index (χ3v) is 2.75. The molecule has 0 fully saturated rings. The summed E-state index contributed by atoms with van der Waals surface area (Å²) in [4.78, 5) is 23.3. The number of para-hydroxylation sites is 1. The Morgan fingerprint density at radius 3 is 2.57 bits per heavy atom. The van der Waals surface area contributed by atoms with Crippen LogP contribution in [0.2, 0.25) is 0 Å². The minimum atomic E-state index is -2.88. The number of nitrogens with zero attached hydrogens (tertiary/aromatic N) is 2. The summed E-state index contributed by atoms with van der Waals surface area (Å²) in [6, 6.07) is 6.04. The zero-order valence-electron chi connectivity index (χ0n) is 11.0. The molecule has 2 amide bonds. The molecule has 0 saturated heterocycles. The summed E-state index contributed by atoms with van der Waals surface area (Å²) in [5, 5.41) is 5.93. The Balaban J connectivity index is 2.33. The van der Waals surface area contributed by atoms with Crippen LogP contribution >= 0.6 is 0 Å². The van der Waals surface area contributed by atoms with E-state index in [9.17, 15) is 18.4 Å². The third kappa shape index (κ3) is 3.04. The first-order valence-electron chi connectivity index (χ1n) is 5.92. The van der Waals surface area contributed by atoms with Gasteiger partial charge >= 0.3 is 0 Å². The molecule has 2 rings (SSSR count). The van der Waals surface area contributed by atoms with Crippen LogP contribution in [0.1, 0.15) is 32.8 Å². The molecule has 1 aromatic heterocycles. The number of aromatic nitrogens is 2. The molecule has 0 saturated carbocycles. The Hall–Kier alpha value is -2.77. The average Bonchev–Trinajstić information content (AvgIpc) is 2.81. The summed E-state index contributed by atoms with van der Waals surface area (Å²) in [7, 11) is 1.43. The predicted molar refractivity (Wildman–Crippen MR) is 71.1 cm³/mol. The summed E-state index contributed by atoms with van der Waals surface area (Å²) in [6.45, 7) is 0. The van der Waals surface area contributed by atoms with Gasteiger partial charge in [-0.15, -0.1) is 0 Å². The number of anilines is 1. The number of nitrogens with two attached hydrogens (primary N) is 1. The van der Waals surface area contributed by atoms with Crippen molar-refractivity contribution in [1.82, 2.24) is 9.78 Å². The lowest BCUT2D eigenvalue weighted by Gasteiger charge is -2.08. The summed E-state index contributed by atoms with van der Waals surface area (Å²) in [6.07, 6.45) is -1.69. The highest BCUT2D eigenvalue weighted by Crippen LogP contribution is 2.22. The van der Waals surface area contributed by atoms with Gasteiger partial charge in [-0.1, -0.05) is 12.1 Å². The molecule has 110 valence electrons. The first-order chi connectivity index (χ1) is 9.90. The van der Waals surface area contributed by atoms with Crippen LogP contribution in [0.3, 0.4) is 0 Å². The van der Waals surface area contributed by atoms with Gasteiger partial charge in [0.2, 0.25) is 0 Å². The highest BCUT2D eigenvalue weighted by molar-refractivity contribution is 6.09. The van der Waals surface area contributed by atoms with E-state index < -0.39 is 23.9 Å². The first-order valence-corrected chi connectivity index (χ1v) is 5.92. The number of hydrogen-bond donors (Lipinski definition) is 2. The van der Waals surface area contributed by atoms with Crippen molar-refractivity contribution in [3.05, 3.63) is 47.3 Å². The van der Waals surface area contributed by atoms with Crippen molar-refractivity contribution in [1.29, 1.82) is 0 Å². The molecule has 0 unspecified atom stereocenters. The van der Waals surface area contributed by atoms with Gasteiger partial charge in [-0.3, -0.25) is 14.3 Å². The van der Waals surface area contributed by atoms with Crippen molar-refractivity contribution < 1.29 is 18.4 Å². The molecule has 3 N–H and O–H groups in total. The van der Waals surface area contributed by atoms with Gasteiger partial charge in [0.25, 0.3) is 18.2 Å². The molecule has 0 radical (unpaired) electrons. The summed E-state index contributed by atoms with van der Waals surface area (Å²) in [5.74, 6) is -1.52. The van der Waals surface area contributed by atoms with Crippen LogP contribution in [0, 0.1) is 0 Å². The van der Waals surface area contributed by atoms with Crippen molar-refractivity contribution in [2.45, 2.75) is 6.43 Å². The second kappa shape index (κ2) is 5.70. The number of aryl methyl sites for hydroxylation is 1. The fourth-order valence-electron chi connectivity index (χ4n) is 1.84. The summed E-state index contributed by atoms with van der Waals surface area (Å²) < 4.78 is 26.8. The van der Waals surface area contributed by atoms with Crippen molar-refractivity contribution in [2.24, 2.45) is 12.8 Å². The van der Waals surface area contributed by atoms with E-state index in [0.29, 0.717) is 0 Å². The van der Waals surface area contributed by atoms with E-state index in [1.165, 1.54) is 25.4 Å². The van der Waals surface area contributed by atoms with Crippen LogP contribution in [0.4, 0.5) is 14.5 Å². The second-order valence-corrected chi connectivity index (χ2v) is 4.27. The normalized spacial score (nSPS) is 10.7. The van der Waals surface area contributed by atoms with Gasteiger partial charge in [0, 0.05) is 13.2 Å². The molecule has 0 bridgehead atoms. The zero-order chi connectivity index (χ0) is 15.6. The molecule has 1 aromatic carbocycles. The van der Waals surface area contributed by atoms with E-state index in [2.05, 4.69) is 10.4 Å². The van der Waals surface area contributed by atoms with Crippen molar-refractivity contribution >= 4 is 17.5 Å². The molecule has 0 spiro atoms. The van der Waals surface area contributed by atoms with Gasteiger partial charge in [-0.25, -0.2) is 8.78 Å². The quantitative estimate of drug-likeness (QED) is 0.899. The second-order valence-electron chi connectivity index (χ2n) is 4.27. The van der Waals surface area contributed by atoms with Gasteiger partial charge in [0.15, 0.2) is 0 Å². The molecule has 8 heteroatoms. The molecular weight excluding hydrogens is 282 g/mol. The molecular formula is C13H12F2N4O2. The lowest BCUT2D eigenvalue weighted by molar-refractivity contribution is 0.100. The number of halogens is 2. The average molecular weight is 294 g/mol. The minimum absolute atomic E-state index is 0.0911. The number of alkyl halides is 2. The molecule has 0 aliphatic rings. The van der Waals surface area contributed by atoms with Crippen LogP contribution in [0.5, 0.6) is 0 Å². The molecule has 6 nitrogen and oxygen atoms in total. The number of hydrogen-bond acceptors (Lipinski definition) is 3. The van der Waals surface area contributed by atoms with E-state index in [0.717, 1.165) is 4.68 Å². The van der Waals surface area contributed by atoms with Crippen LogP contribution < -0.4 is 11.1 Å². The number of amides is 2. The smallest absolute Gasteiger partial charge is 0.282 e. The number of primary amides is 1. The number of carbonyl (C=O) groups is 2. The van der Waals surface area contributed by atoms with Crippen LogP contribution in [0.15, 0.2) is 30.5 Å². The number of carbonyl (C=O) groups excluding carboxylic acids is 2. The number of nitrogens with one attached hydrogen (secondary N) is 1. The topological polar surface area (TPSA) is 90.0 Å². The highest BCUT2D eigenvalue weighted by Gasteiger charge is 2.23. The Morgan fingerprint density at radius 1 is 1.29 bits per heavy atom. The Morgan fingerprint density at radius 2 is 1.95 bits per heavy atom. The monoisotopic (exact) mass is 294 g/mol. The van der Waals surface area contributed by atoms with E-state index in [1.54, 1.807) is 12.1 Å².